The Hall–Kier alpha value is -0.900. The topological polar surface area (TPSA) is 25.2 Å². The molecule has 0 bridgehead atoms. The van der Waals surface area contributed by atoms with Gasteiger partial charge in [0.25, 0.3) is 6.43 Å². The molecular weight excluding hydrogens is 164 g/mol. The Bertz CT molecular complexity index is 211. The maximum atomic E-state index is 12.0. The van der Waals surface area contributed by atoms with Crippen molar-refractivity contribution in [2.75, 3.05) is 0 Å². The third kappa shape index (κ3) is 2.62. The fraction of sp³-hybridized carbons (Fsp3) is 0.500. The predicted molar refractivity (Wildman–Crippen MR) is 41.0 cm³/mol. The van der Waals surface area contributed by atoms with Crippen molar-refractivity contribution in [2.24, 2.45) is 0 Å². The highest BCUT2D eigenvalue weighted by molar-refractivity contribution is 4.97. The zero-order chi connectivity index (χ0) is 8.97. The molecule has 1 aromatic rings. The molecule has 0 aromatic carbocycles. The monoisotopic (exact) mass is 175 g/mol. The van der Waals surface area contributed by atoms with E-state index in [1.807, 2.05) is 0 Å². The van der Waals surface area contributed by atoms with Crippen LogP contribution in [0.15, 0.2) is 22.8 Å². The van der Waals surface area contributed by atoms with E-state index in [4.69, 9.17) is 4.42 Å². The molecule has 0 spiro atoms. The van der Waals surface area contributed by atoms with Crippen LogP contribution < -0.4 is 5.32 Å². The lowest BCUT2D eigenvalue weighted by molar-refractivity contribution is 0.104. The Morgan fingerprint density at radius 1 is 1.58 bits per heavy atom. The van der Waals surface area contributed by atoms with Crippen molar-refractivity contribution in [3.05, 3.63) is 24.2 Å². The van der Waals surface area contributed by atoms with Crippen molar-refractivity contribution < 1.29 is 13.2 Å². The normalized spacial score (nSPS) is 13.7. The van der Waals surface area contributed by atoms with Gasteiger partial charge in [-0.2, -0.15) is 0 Å². The van der Waals surface area contributed by atoms with Crippen LogP contribution in [-0.4, -0.2) is 12.5 Å². The van der Waals surface area contributed by atoms with Gasteiger partial charge in [-0.15, -0.1) is 0 Å². The van der Waals surface area contributed by atoms with Crippen LogP contribution in [0.3, 0.4) is 0 Å². The quantitative estimate of drug-likeness (QED) is 0.757. The third-order valence-electron chi connectivity index (χ3n) is 1.56. The summed E-state index contributed by atoms with van der Waals surface area (Å²) in [4.78, 5) is 0. The summed E-state index contributed by atoms with van der Waals surface area (Å²) in [6.45, 7) is 1.78. The second-order valence-corrected chi connectivity index (χ2v) is 2.58. The summed E-state index contributed by atoms with van der Waals surface area (Å²) < 4.78 is 28.9. The Kier molecular flexibility index (Phi) is 3.22. The summed E-state index contributed by atoms with van der Waals surface area (Å²) in [7, 11) is 0. The molecule has 0 aliphatic rings. The first-order valence-corrected chi connectivity index (χ1v) is 3.74. The lowest BCUT2D eigenvalue weighted by Crippen LogP contribution is -2.31. The van der Waals surface area contributed by atoms with E-state index in [1.165, 1.54) is 13.2 Å². The first-order chi connectivity index (χ1) is 5.70. The number of alkyl halides is 2. The third-order valence-corrected chi connectivity index (χ3v) is 1.56. The van der Waals surface area contributed by atoms with E-state index < -0.39 is 12.5 Å². The van der Waals surface area contributed by atoms with Crippen molar-refractivity contribution in [3.8, 4) is 0 Å². The van der Waals surface area contributed by atoms with E-state index >= 15 is 0 Å². The summed E-state index contributed by atoms with van der Waals surface area (Å²) in [5.41, 5.74) is 0. The molecule has 1 rings (SSSR count). The molecule has 4 heteroatoms. The van der Waals surface area contributed by atoms with Crippen LogP contribution in [0.1, 0.15) is 12.7 Å². The number of rotatable bonds is 4. The largest absolute Gasteiger partial charge is 0.468 e. The van der Waals surface area contributed by atoms with Gasteiger partial charge in [-0.1, -0.05) is 0 Å². The molecule has 0 aliphatic heterocycles. The standard InChI is InChI=1S/C8H11F2NO/c1-6(8(9)10)11-5-7-3-2-4-12-7/h2-4,6,8,11H,5H2,1H3. The summed E-state index contributed by atoms with van der Waals surface area (Å²) in [5, 5.41) is 2.64. The van der Waals surface area contributed by atoms with Gasteiger partial charge in [0.05, 0.1) is 18.8 Å². The zero-order valence-electron chi connectivity index (χ0n) is 6.76. The zero-order valence-corrected chi connectivity index (χ0v) is 6.76. The van der Waals surface area contributed by atoms with E-state index in [0.717, 1.165) is 0 Å². The minimum absolute atomic E-state index is 0.346. The summed E-state index contributed by atoms with van der Waals surface area (Å²) in [5.74, 6) is 0.669. The van der Waals surface area contributed by atoms with Gasteiger partial charge in [0.15, 0.2) is 0 Å². The van der Waals surface area contributed by atoms with Gasteiger partial charge in [-0.05, 0) is 19.1 Å². The smallest absolute Gasteiger partial charge is 0.253 e. The van der Waals surface area contributed by atoms with Gasteiger partial charge >= 0.3 is 0 Å². The van der Waals surface area contributed by atoms with Gasteiger partial charge in [0.2, 0.25) is 0 Å². The molecule has 0 saturated heterocycles. The Morgan fingerprint density at radius 2 is 2.33 bits per heavy atom. The van der Waals surface area contributed by atoms with Crippen LogP contribution in [-0.2, 0) is 6.54 Å². The lowest BCUT2D eigenvalue weighted by Gasteiger charge is -2.10. The van der Waals surface area contributed by atoms with Gasteiger partial charge in [-0.25, -0.2) is 8.78 Å². The fourth-order valence-corrected chi connectivity index (χ4v) is 0.764. The van der Waals surface area contributed by atoms with E-state index in [2.05, 4.69) is 5.32 Å². The first kappa shape index (κ1) is 9.19. The number of nitrogens with one attached hydrogen (secondary N) is 1. The average Bonchev–Trinajstić information content (AvgIpc) is 2.51. The highest BCUT2D eigenvalue weighted by atomic mass is 19.3. The molecule has 68 valence electrons. The SMILES string of the molecule is CC(NCc1ccco1)C(F)F. The number of halogens is 2. The van der Waals surface area contributed by atoms with Crippen LogP contribution >= 0.6 is 0 Å². The highest BCUT2D eigenvalue weighted by Gasteiger charge is 2.13. The molecule has 0 radical (unpaired) electrons. The Morgan fingerprint density at radius 3 is 2.83 bits per heavy atom. The fourth-order valence-electron chi connectivity index (χ4n) is 0.764. The molecule has 1 heterocycles. The number of hydrogen-bond acceptors (Lipinski definition) is 2. The maximum absolute atomic E-state index is 12.0. The van der Waals surface area contributed by atoms with Gasteiger partial charge in [0.1, 0.15) is 5.76 Å². The van der Waals surface area contributed by atoms with Gasteiger partial charge in [-0.3, -0.25) is 0 Å². The van der Waals surface area contributed by atoms with Crippen LogP contribution in [0.4, 0.5) is 8.78 Å². The second-order valence-electron chi connectivity index (χ2n) is 2.58. The van der Waals surface area contributed by atoms with Crippen molar-refractivity contribution >= 4 is 0 Å². The number of furan rings is 1. The van der Waals surface area contributed by atoms with E-state index in [0.29, 0.717) is 12.3 Å². The average molecular weight is 175 g/mol. The maximum Gasteiger partial charge on any atom is 0.253 e. The van der Waals surface area contributed by atoms with Crippen LogP contribution in [0.25, 0.3) is 0 Å². The Balaban J connectivity index is 2.27. The van der Waals surface area contributed by atoms with E-state index in [-0.39, 0.29) is 0 Å². The molecular formula is C8H11F2NO. The minimum atomic E-state index is -2.33. The van der Waals surface area contributed by atoms with Crippen molar-refractivity contribution in [2.45, 2.75) is 25.9 Å². The molecule has 12 heavy (non-hydrogen) atoms. The summed E-state index contributed by atoms with van der Waals surface area (Å²) in [6.07, 6.45) is -0.815. The molecule has 0 saturated carbocycles. The Labute approximate surface area is 69.6 Å². The highest BCUT2D eigenvalue weighted by Crippen LogP contribution is 2.03. The van der Waals surface area contributed by atoms with Gasteiger partial charge in [0, 0.05) is 0 Å². The summed E-state index contributed by atoms with van der Waals surface area (Å²) in [6, 6.07) is 2.67. The molecule has 0 amide bonds. The number of hydrogen-bond donors (Lipinski definition) is 1. The molecule has 1 unspecified atom stereocenters. The second kappa shape index (κ2) is 4.21. The van der Waals surface area contributed by atoms with Crippen LogP contribution in [0, 0.1) is 0 Å². The molecule has 0 fully saturated rings. The predicted octanol–water partition coefficient (Wildman–Crippen LogP) is 2.02. The van der Waals surface area contributed by atoms with Crippen molar-refractivity contribution in [1.82, 2.24) is 5.32 Å². The molecule has 1 atom stereocenters. The first-order valence-electron chi connectivity index (χ1n) is 3.74. The minimum Gasteiger partial charge on any atom is -0.468 e. The van der Waals surface area contributed by atoms with E-state index in [1.54, 1.807) is 12.1 Å². The lowest BCUT2D eigenvalue weighted by atomic mass is 10.3. The molecule has 1 N–H and O–H groups in total. The van der Waals surface area contributed by atoms with Crippen molar-refractivity contribution in [3.63, 3.8) is 0 Å². The summed E-state index contributed by atoms with van der Waals surface area (Å²) >= 11 is 0. The molecule has 0 aliphatic carbocycles. The van der Waals surface area contributed by atoms with Crippen LogP contribution in [0.5, 0.6) is 0 Å². The molecule has 1 aromatic heterocycles. The van der Waals surface area contributed by atoms with Crippen molar-refractivity contribution in [1.29, 1.82) is 0 Å². The van der Waals surface area contributed by atoms with Crippen LogP contribution in [0.2, 0.25) is 0 Å². The van der Waals surface area contributed by atoms with E-state index in [9.17, 15) is 8.78 Å². The van der Waals surface area contributed by atoms with Gasteiger partial charge < -0.3 is 9.73 Å². The molecule has 2 nitrogen and oxygen atoms in total.